The van der Waals surface area contributed by atoms with Gasteiger partial charge in [-0.25, -0.2) is 8.42 Å². The normalized spacial score (nSPS) is 11.2. The van der Waals surface area contributed by atoms with Crippen LogP contribution in [0.2, 0.25) is 5.02 Å². The van der Waals surface area contributed by atoms with Gasteiger partial charge in [-0.05, 0) is 36.6 Å². The Bertz CT molecular complexity index is 1070. The highest BCUT2D eigenvalue weighted by atomic mass is 35.5. The fourth-order valence-corrected chi connectivity index (χ4v) is 4.52. The lowest BCUT2D eigenvalue weighted by Crippen LogP contribution is -2.15. The highest BCUT2D eigenvalue weighted by molar-refractivity contribution is 8.00. The third kappa shape index (κ3) is 4.78. The molecule has 2 N–H and O–H groups in total. The molecule has 0 unspecified atom stereocenters. The molecule has 0 spiro atoms. The first-order valence-corrected chi connectivity index (χ1v) is 11.4. The fourth-order valence-electron chi connectivity index (χ4n) is 2.08. The second-order valence-corrected chi connectivity index (χ2v) is 9.27. The Balaban J connectivity index is 1.82. The van der Waals surface area contributed by atoms with Crippen LogP contribution in [-0.4, -0.2) is 30.8 Å². The van der Waals surface area contributed by atoms with E-state index in [1.54, 1.807) is 18.2 Å². The van der Waals surface area contributed by atoms with Gasteiger partial charge >= 0.3 is 0 Å². The van der Waals surface area contributed by atoms with E-state index in [0.717, 1.165) is 0 Å². The lowest BCUT2D eigenvalue weighted by atomic mass is 10.2. The molecule has 140 valence electrons. The van der Waals surface area contributed by atoms with Crippen LogP contribution in [0.15, 0.2) is 57.8 Å². The van der Waals surface area contributed by atoms with Gasteiger partial charge in [0.25, 0.3) is 15.9 Å². The monoisotopic (exact) mass is 440 g/mol. The van der Waals surface area contributed by atoms with E-state index in [2.05, 4.69) is 20.2 Å². The number of halogens is 1. The summed E-state index contributed by atoms with van der Waals surface area (Å²) in [6.07, 6.45) is 1.85. The highest BCUT2D eigenvalue weighted by Gasteiger charge is 2.17. The van der Waals surface area contributed by atoms with Gasteiger partial charge in [0.1, 0.15) is 0 Å². The van der Waals surface area contributed by atoms with Crippen LogP contribution in [0.1, 0.15) is 10.4 Å². The fraction of sp³-hybridized carbons (Fsp3) is 0.0625. The number of benzene rings is 2. The molecular formula is C16H13ClN4O3S3. The molecule has 7 nitrogen and oxygen atoms in total. The van der Waals surface area contributed by atoms with Crippen molar-refractivity contribution in [3.63, 3.8) is 0 Å². The number of amides is 1. The van der Waals surface area contributed by atoms with Crippen LogP contribution in [0, 0.1) is 0 Å². The lowest BCUT2D eigenvalue weighted by molar-refractivity contribution is 0.102. The Morgan fingerprint density at radius 3 is 2.56 bits per heavy atom. The second kappa shape index (κ2) is 8.26. The van der Waals surface area contributed by atoms with Gasteiger partial charge < -0.3 is 0 Å². The summed E-state index contributed by atoms with van der Waals surface area (Å²) in [6, 6.07) is 12.2. The maximum atomic E-state index is 12.5. The van der Waals surface area contributed by atoms with Crippen molar-refractivity contribution in [1.29, 1.82) is 0 Å². The maximum Gasteiger partial charge on any atom is 0.261 e. The summed E-state index contributed by atoms with van der Waals surface area (Å²) in [5, 5.41) is 10.9. The van der Waals surface area contributed by atoms with Gasteiger partial charge in [0.2, 0.25) is 5.13 Å². The van der Waals surface area contributed by atoms with Gasteiger partial charge in [0, 0.05) is 5.69 Å². The molecular weight excluding hydrogens is 428 g/mol. The SMILES string of the molecule is CSc1nnc(NC(=O)c2cc(NS(=O)(=O)c3ccccc3)ccc2Cl)s1. The van der Waals surface area contributed by atoms with E-state index < -0.39 is 15.9 Å². The predicted octanol–water partition coefficient (Wildman–Crippen LogP) is 3.97. The largest absolute Gasteiger partial charge is 0.296 e. The molecule has 0 atom stereocenters. The van der Waals surface area contributed by atoms with Crippen molar-refractivity contribution >= 4 is 61.4 Å². The summed E-state index contributed by atoms with van der Waals surface area (Å²) in [6.45, 7) is 0. The number of carbonyl (C=O) groups excluding carboxylic acids is 1. The zero-order valence-corrected chi connectivity index (χ0v) is 17.0. The van der Waals surface area contributed by atoms with E-state index in [0.29, 0.717) is 9.47 Å². The predicted molar refractivity (Wildman–Crippen MR) is 108 cm³/mol. The molecule has 0 aliphatic heterocycles. The van der Waals surface area contributed by atoms with Crippen LogP contribution in [0.3, 0.4) is 0 Å². The number of anilines is 2. The summed E-state index contributed by atoms with van der Waals surface area (Å²) < 4.78 is 28.0. The molecule has 0 bridgehead atoms. The topological polar surface area (TPSA) is 101 Å². The van der Waals surface area contributed by atoms with Crippen LogP contribution in [0.5, 0.6) is 0 Å². The van der Waals surface area contributed by atoms with E-state index >= 15 is 0 Å². The van der Waals surface area contributed by atoms with Crippen LogP contribution < -0.4 is 10.0 Å². The number of rotatable bonds is 6. The standard InChI is InChI=1S/C16H13ClN4O3S3/c1-25-16-20-19-15(26-16)18-14(22)12-9-10(7-8-13(12)17)21-27(23,24)11-5-3-2-4-6-11/h2-9,21H,1H3,(H,18,19,22). The lowest BCUT2D eigenvalue weighted by Gasteiger charge is -2.10. The van der Waals surface area contributed by atoms with E-state index in [4.69, 9.17) is 11.6 Å². The van der Waals surface area contributed by atoms with E-state index in [9.17, 15) is 13.2 Å². The molecule has 1 heterocycles. The summed E-state index contributed by atoms with van der Waals surface area (Å²) in [4.78, 5) is 12.6. The molecule has 0 aliphatic carbocycles. The van der Waals surface area contributed by atoms with Crippen molar-refractivity contribution in [3.8, 4) is 0 Å². The Kier molecular flexibility index (Phi) is 6.00. The van der Waals surface area contributed by atoms with Crippen molar-refractivity contribution in [2.75, 3.05) is 16.3 Å². The van der Waals surface area contributed by atoms with Crippen LogP contribution in [-0.2, 0) is 10.0 Å². The van der Waals surface area contributed by atoms with Gasteiger partial charge in [0.05, 0.1) is 15.5 Å². The van der Waals surface area contributed by atoms with Crippen LogP contribution >= 0.6 is 34.7 Å². The number of aromatic nitrogens is 2. The third-order valence-corrected chi connectivity index (χ3v) is 6.86. The Morgan fingerprint density at radius 2 is 1.89 bits per heavy atom. The molecule has 3 aromatic rings. The molecule has 0 saturated carbocycles. The summed E-state index contributed by atoms with van der Waals surface area (Å²) >= 11 is 8.74. The van der Waals surface area contributed by atoms with Gasteiger partial charge in [-0.15, -0.1) is 10.2 Å². The number of hydrogen-bond acceptors (Lipinski definition) is 7. The van der Waals surface area contributed by atoms with Crippen molar-refractivity contribution in [3.05, 3.63) is 59.1 Å². The molecule has 1 amide bonds. The molecule has 3 rings (SSSR count). The average molecular weight is 441 g/mol. The van der Waals surface area contributed by atoms with E-state index in [1.807, 2.05) is 6.26 Å². The molecule has 0 aliphatic rings. The van der Waals surface area contributed by atoms with Crippen molar-refractivity contribution in [2.45, 2.75) is 9.24 Å². The molecule has 27 heavy (non-hydrogen) atoms. The Labute approximate surface area is 169 Å². The number of hydrogen-bond donors (Lipinski definition) is 2. The molecule has 0 radical (unpaired) electrons. The third-order valence-electron chi connectivity index (χ3n) is 3.32. The van der Waals surface area contributed by atoms with E-state index in [-0.39, 0.29) is 21.2 Å². The molecule has 11 heteroatoms. The molecule has 2 aromatic carbocycles. The van der Waals surface area contributed by atoms with Crippen molar-refractivity contribution in [2.24, 2.45) is 0 Å². The number of sulfonamides is 1. The van der Waals surface area contributed by atoms with Crippen molar-refractivity contribution in [1.82, 2.24) is 10.2 Å². The number of nitrogens with one attached hydrogen (secondary N) is 2. The quantitative estimate of drug-likeness (QED) is 0.444. The first kappa shape index (κ1) is 19.6. The first-order valence-electron chi connectivity index (χ1n) is 7.45. The van der Waals surface area contributed by atoms with Gasteiger partial charge in [-0.1, -0.05) is 52.9 Å². The molecule has 1 aromatic heterocycles. The zero-order valence-electron chi connectivity index (χ0n) is 13.8. The Morgan fingerprint density at radius 1 is 1.15 bits per heavy atom. The summed E-state index contributed by atoms with van der Waals surface area (Å²) in [7, 11) is -3.78. The number of thioether (sulfide) groups is 1. The maximum absolute atomic E-state index is 12.5. The van der Waals surface area contributed by atoms with Crippen LogP contribution in [0.4, 0.5) is 10.8 Å². The minimum Gasteiger partial charge on any atom is -0.296 e. The Hall–Kier alpha value is -2.14. The number of nitrogens with zero attached hydrogens (tertiary/aromatic N) is 2. The smallest absolute Gasteiger partial charge is 0.261 e. The second-order valence-electron chi connectivity index (χ2n) is 5.14. The average Bonchev–Trinajstić information content (AvgIpc) is 3.11. The van der Waals surface area contributed by atoms with Gasteiger partial charge in [-0.2, -0.15) is 0 Å². The van der Waals surface area contributed by atoms with Gasteiger partial charge in [0.15, 0.2) is 4.34 Å². The summed E-state index contributed by atoms with van der Waals surface area (Å²) in [5.41, 5.74) is 0.335. The highest BCUT2D eigenvalue weighted by Crippen LogP contribution is 2.26. The molecule has 0 saturated heterocycles. The van der Waals surface area contributed by atoms with Gasteiger partial charge in [-0.3, -0.25) is 14.8 Å². The molecule has 0 fully saturated rings. The van der Waals surface area contributed by atoms with E-state index in [1.165, 1.54) is 53.4 Å². The zero-order chi connectivity index (χ0) is 19.4. The van der Waals surface area contributed by atoms with Crippen molar-refractivity contribution < 1.29 is 13.2 Å². The first-order chi connectivity index (χ1) is 12.9. The number of carbonyl (C=O) groups is 1. The minimum absolute atomic E-state index is 0.115. The van der Waals surface area contributed by atoms with Crippen LogP contribution in [0.25, 0.3) is 0 Å². The minimum atomic E-state index is -3.78. The summed E-state index contributed by atoms with van der Waals surface area (Å²) in [5.74, 6) is -0.510.